The lowest BCUT2D eigenvalue weighted by atomic mass is 9.89. The highest BCUT2D eigenvalue weighted by Gasteiger charge is 2.30. The minimum Gasteiger partial charge on any atom is -0.471 e. The van der Waals surface area contributed by atoms with E-state index in [1.165, 1.54) is 0 Å². The summed E-state index contributed by atoms with van der Waals surface area (Å²) < 4.78 is 5.48. The summed E-state index contributed by atoms with van der Waals surface area (Å²) in [6, 6.07) is 6.84. The lowest BCUT2D eigenvalue weighted by Crippen LogP contribution is -2.33. The van der Waals surface area contributed by atoms with E-state index in [-0.39, 0.29) is 5.78 Å². The minimum atomic E-state index is -0.698. The molecule has 0 bridgehead atoms. The van der Waals surface area contributed by atoms with Crippen LogP contribution < -0.4 is 4.74 Å². The third-order valence-electron chi connectivity index (χ3n) is 2.40. The molecule has 17 heavy (non-hydrogen) atoms. The van der Waals surface area contributed by atoms with Gasteiger partial charge < -0.3 is 4.74 Å². The van der Waals surface area contributed by atoms with Crippen LogP contribution in [0.15, 0.2) is 36.9 Å². The van der Waals surface area contributed by atoms with E-state index in [9.17, 15) is 4.79 Å². The van der Waals surface area contributed by atoms with Gasteiger partial charge in [-0.1, -0.05) is 17.7 Å². The van der Waals surface area contributed by atoms with E-state index in [0.717, 1.165) is 0 Å². The molecule has 0 aliphatic rings. The first-order chi connectivity index (χ1) is 7.86. The molecule has 2 nitrogen and oxygen atoms in total. The smallest absolute Gasteiger partial charge is 0.211 e. The lowest BCUT2D eigenvalue weighted by molar-refractivity contribution is -0.128. The summed E-state index contributed by atoms with van der Waals surface area (Å²) in [5.74, 6) is 0.506. The first kappa shape index (κ1) is 14.3. The van der Waals surface area contributed by atoms with Crippen molar-refractivity contribution in [2.24, 2.45) is 5.41 Å². The second-order valence-corrected chi connectivity index (χ2v) is 5.45. The second-order valence-electron chi connectivity index (χ2n) is 4.18. The molecule has 0 fully saturated rings. The molecule has 0 heterocycles. The SMILES string of the molecule is C=CC(C)(C)C(=O)C(Br)Oc1ccc(Cl)cc1. The van der Waals surface area contributed by atoms with Gasteiger partial charge in [0.25, 0.3) is 0 Å². The van der Waals surface area contributed by atoms with E-state index in [0.29, 0.717) is 10.8 Å². The van der Waals surface area contributed by atoms with Crippen LogP contribution in [0.4, 0.5) is 0 Å². The maximum Gasteiger partial charge on any atom is 0.211 e. The van der Waals surface area contributed by atoms with Crippen molar-refractivity contribution < 1.29 is 9.53 Å². The Balaban J connectivity index is 2.72. The predicted octanol–water partition coefficient (Wildman–Crippen LogP) is 4.22. The third kappa shape index (κ3) is 3.86. The zero-order valence-electron chi connectivity index (χ0n) is 9.74. The van der Waals surface area contributed by atoms with Crippen molar-refractivity contribution in [3.63, 3.8) is 0 Å². The Labute approximate surface area is 115 Å². The fourth-order valence-electron chi connectivity index (χ4n) is 1.08. The zero-order chi connectivity index (χ0) is 13.1. The largest absolute Gasteiger partial charge is 0.471 e. The van der Waals surface area contributed by atoms with Gasteiger partial charge in [-0.3, -0.25) is 4.79 Å². The Morgan fingerprint density at radius 3 is 2.47 bits per heavy atom. The number of carbonyl (C=O) groups excluding carboxylic acids is 1. The Hall–Kier alpha value is -0.800. The third-order valence-corrected chi connectivity index (χ3v) is 3.26. The molecular weight excluding hydrogens is 303 g/mol. The van der Waals surface area contributed by atoms with Gasteiger partial charge in [-0.2, -0.15) is 0 Å². The number of carbonyl (C=O) groups is 1. The van der Waals surface area contributed by atoms with Crippen molar-refractivity contribution >= 4 is 33.3 Å². The Morgan fingerprint density at radius 1 is 1.47 bits per heavy atom. The summed E-state index contributed by atoms with van der Waals surface area (Å²) in [6.07, 6.45) is 1.61. The number of halogens is 2. The average Bonchev–Trinajstić information content (AvgIpc) is 2.31. The molecule has 0 aliphatic carbocycles. The molecule has 1 unspecified atom stereocenters. The van der Waals surface area contributed by atoms with Crippen LogP contribution in [0.1, 0.15) is 13.8 Å². The highest BCUT2D eigenvalue weighted by molar-refractivity contribution is 9.09. The van der Waals surface area contributed by atoms with E-state index in [4.69, 9.17) is 16.3 Å². The molecule has 1 aromatic rings. The van der Waals surface area contributed by atoms with Crippen molar-refractivity contribution in [3.8, 4) is 5.75 Å². The molecule has 0 amide bonds. The highest BCUT2D eigenvalue weighted by Crippen LogP contribution is 2.25. The van der Waals surface area contributed by atoms with E-state index >= 15 is 0 Å². The van der Waals surface area contributed by atoms with Gasteiger partial charge in [-0.15, -0.1) is 6.58 Å². The molecule has 1 aromatic carbocycles. The average molecular weight is 318 g/mol. The lowest BCUT2D eigenvalue weighted by Gasteiger charge is -2.22. The Morgan fingerprint density at radius 2 is 2.00 bits per heavy atom. The number of Topliss-reactive ketones (excluding diaryl/α,β-unsaturated/α-hetero) is 1. The molecule has 4 heteroatoms. The number of rotatable bonds is 5. The van der Waals surface area contributed by atoms with Crippen molar-refractivity contribution in [2.45, 2.75) is 18.9 Å². The van der Waals surface area contributed by atoms with Crippen molar-refractivity contribution in [1.29, 1.82) is 0 Å². The zero-order valence-corrected chi connectivity index (χ0v) is 12.1. The van der Waals surface area contributed by atoms with Crippen LogP contribution in [0.25, 0.3) is 0 Å². The summed E-state index contributed by atoms with van der Waals surface area (Å²) in [6.45, 7) is 7.23. The normalized spacial score (nSPS) is 12.9. The molecule has 1 atom stereocenters. The monoisotopic (exact) mass is 316 g/mol. The number of allylic oxidation sites excluding steroid dienone is 1. The minimum absolute atomic E-state index is 0.0811. The molecule has 1 rings (SSSR count). The molecule has 0 N–H and O–H groups in total. The van der Waals surface area contributed by atoms with Crippen LogP contribution in [0.3, 0.4) is 0 Å². The van der Waals surface area contributed by atoms with Crippen molar-refractivity contribution in [3.05, 3.63) is 41.9 Å². The van der Waals surface area contributed by atoms with E-state index < -0.39 is 10.4 Å². The van der Waals surface area contributed by atoms with E-state index in [1.54, 1.807) is 44.2 Å². The number of benzene rings is 1. The van der Waals surface area contributed by atoms with E-state index in [2.05, 4.69) is 22.5 Å². The molecule has 0 radical (unpaired) electrons. The molecule has 0 spiro atoms. The molecular formula is C13H14BrClO2. The summed E-state index contributed by atoms with van der Waals surface area (Å²) in [7, 11) is 0. The Kier molecular flexibility index (Phi) is 4.78. The molecule has 0 saturated carbocycles. The Bertz CT molecular complexity index is 412. The van der Waals surface area contributed by atoms with Crippen LogP contribution >= 0.6 is 27.5 Å². The first-order valence-electron chi connectivity index (χ1n) is 5.11. The summed E-state index contributed by atoms with van der Waals surface area (Å²) >= 11 is 8.98. The molecule has 0 saturated heterocycles. The maximum atomic E-state index is 12.0. The number of hydrogen-bond donors (Lipinski definition) is 0. The van der Waals surface area contributed by atoms with Crippen LogP contribution in [0.5, 0.6) is 5.75 Å². The summed E-state index contributed by atoms with van der Waals surface area (Å²) in [5, 5.41) is -0.0714. The number of alkyl halides is 1. The standard InChI is InChI=1S/C13H14BrClO2/c1-4-13(2,3)11(16)12(14)17-10-7-5-9(15)6-8-10/h4-8,12H,1H2,2-3H3. The fourth-order valence-corrected chi connectivity index (χ4v) is 2.01. The fraction of sp³-hybridized carbons (Fsp3) is 0.308. The van der Waals surface area contributed by atoms with Gasteiger partial charge in [0.2, 0.25) is 5.01 Å². The van der Waals surface area contributed by atoms with Gasteiger partial charge in [0, 0.05) is 10.4 Å². The van der Waals surface area contributed by atoms with Gasteiger partial charge in [-0.25, -0.2) is 0 Å². The van der Waals surface area contributed by atoms with Gasteiger partial charge in [0.1, 0.15) is 5.75 Å². The quantitative estimate of drug-likeness (QED) is 0.600. The summed E-state index contributed by atoms with van der Waals surface area (Å²) in [4.78, 5) is 12.0. The predicted molar refractivity (Wildman–Crippen MR) is 73.8 cm³/mol. The van der Waals surface area contributed by atoms with Crippen molar-refractivity contribution in [2.75, 3.05) is 0 Å². The number of hydrogen-bond acceptors (Lipinski definition) is 2. The number of ether oxygens (including phenoxy) is 1. The summed E-state index contributed by atoms with van der Waals surface area (Å²) in [5.41, 5.74) is -0.624. The molecule has 92 valence electrons. The van der Waals surface area contributed by atoms with Gasteiger partial charge in [0.15, 0.2) is 5.78 Å². The van der Waals surface area contributed by atoms with Crippen molar-refractivity contribution in [1.82, 2.24) is 0 Å². The van der Waals surface area contributed by atoms with Crippen LogP contribution in [-0.4, -0.2) is 10.8 Å². The van der Waals surface area contributed by atoms with Gasteiger partial charge in [0.05, 0.1) is 0 Å². The molecule has 0 aliphatic heterocycles. The second kappa shape index (κ2) is 5.69. The topological polar surface area (TPSA) is 26.3 Å². The van der Waals surface area contributed by atoms with Gasteiger partial charge >= 0.3 is 0 Å². The first-order valence-corrected chi connectivity index (χ1v) is 6.40. The molecule has 0 aromatic heterocycles. The van der Waals surface area contributed by atoms with Crippen LogP contribution in [-0.2, 0) is 4.79 Å². The van der Waals surface area contributed by atoms with Crippen LogP contribution in [0.2, 0.25) is 5.02 Å². The van der Waals surface area contributed by atoms with E-state index in [1.807, 2.05) is 0 Å². The van der Waals surface area contributed by atoms with Crippen LogP contribution in [0, 0.1) is 5.41 Å². The van der Waals surface area contributed by atoms with Gasteiger partial charge in [-0.05, 0) is 54.0 Å². The maximum absolute atomic E-state index is 12.0. The number of ketones is 1. The highest BCUT2D eigenvalue weighted by atomic mass is 79.9.